The Kier molecular flexibility index (Phi) is 4.24. The van der Waals surface area contributed by atoms with Crippen molar-refractivity contribution in [1.82, 2.24) is 4.90 Å². The van der Waals surface area contributed by atoms with E-state index < -0.39 is 0 Å². The first kappa shape index (κ1) is 12.9. The van der Waals surface area contributed by atoms with E-state index in [9.17, 15) is 9.90 Å². The molecule has 1 aromatic rings. The Hall–Kier alpha value is -1.51. The molecule has 98 valence electrons. The van der Waals surface area contributed by atoms with Gasteiger partial charge in [-0.1, -0.05) is 19.4 Å². The number of carbonyl (C=O) groups excluding carboxylic acids is 1. The van der Waals surface area contributed by atoms with Gasteiger partial charge in [-0.25, -0.2) is 0 Å². The third kappa shape index (κ3) is 2.84. The summed E-state index contributed by atoms with van der Waals surface area (Å²) in [6.07, 6.45) is 5.59. The summed E-state index contributed by atoms with van der Waals surface area (Å²) in [5, 5.41) is 9.46. The first-order valence-corrected chi connectivity index (χ1v) is 6.82. The molecule has 1 amide bonds. The molecule has 1 saturated heterocycles. The molecule has 0 radical (unpaired) electrons. The first-order valence-electron chi connectivity index (χ1n) is 6.82. The van der Waals surface area contributed by atoms with Crippen LogP contribution in [0.2, 0.25) is 0 Å². The summed E-state index contributed by atoms with van der Waals surface area (Å²) in [5.41, 5.74) is 0.595. The minimum Gasteiger partial charge on any atom is -0.508 e. The Morgan fingerprint density at radius 3 is 3.00 bits per heavy atom. The van der Waals surface area contributed by atoms with Gasteiger partial charge >= 0.3 is 0 Å². The fraction of sp³-hybridized carbons (Fsp3) is 0.533. The van der Waals surface area contributed by atoms with E-state index in [1.54, 1.807) is 24.3 Å². The first-order chi connectivity index (χ1) is 8.72. The van der Waals surface area contributed by atoms with E-state index >= 15 is 0 Å². The molecule has 1 aliphatic rings. The van der Waals surface area contributed by atoms with Crippen molar-refractivity contribution in [2.75, 3.05) is 6.54 Å². The van der Waals surface area contributed by atoms with Gasteiger partial charge in [0.1, 0.15) is 5.75 Å². The van der Waals surface area contributed by atoms with E-state index in [2.05, 4.69) is 6.92 Å². The van der Waals surface area contributed by atoms with Crippen molar-refractivity contribution in [3.8, 4) is 5.75 Å². The average Bonchev–Trinajstić information content (AvgIpc) is 2.39. The number of nitrogens with zero attached hydrogens (tertiary/aromatic N) is 1. The number of likely N-dealkylation sites (tertiary alicyclic amines) is 1. The van der Waals surface area contributed by atoms with E-state index in [-0.39, 0.29) is 11.7 Å². The minimum absolute atomic E-state index is 0.0593. The molecule has 0 bridgehead atoms. The maximum atomic E-state index is 12.5. The van der Waals surface area contributed by atoms with Gasteiger partial charge in [0.05, 0.1) is 0 Å². The minimum atomic E-state index is 0.0593. The number of benzene rings is 1. The smallest absolute Gasteiger partial charge is 0.254 e. The molecule has 0 aromatic heterocycles. The third-order valence-corrected chi connectivity index (χ3v) is 3.60. The van der Waals surface area contributed by atoms with Crippen LogP contribution in [0.5, 0.6) is 5.75 Å². The van der Waals surface area contributed by atoms with E-state index in [0.717, 1.165) is 32.2 Å². The standard InChI is InChI=1S/C15H21NO2/c1-2-6-13-8-3-4-10-16(13)15(18)12-7-5-9-14(17)11-12/h5,7,9,11,13,17H,2-4,6,8,10H2,1H3. The SMILES string of the molecule is CCCC1CCCCN1C(=O)c1cccc(O)c1. The number of aromatic hydroxyl groups is 1. The summed E-state index contributed by atoms with van der Waals surface area (Å²) < 4.78 is 0. The summed E-state index contributed by atoms with van der Waals surface area (Å²) >= 11 is 0. The maximum absolute atomic E-state index is 12.5. The lowest BCUT2D eigenvalue weighted by Gasteiger charge is -2.35. The molecule has 0 spiro atoms. The van der Waals surface area contributed by atoms with Crippen molar-refractivity contribution < 1.29 is 9.90 Å². The van der Waals surface area contributed by atoms with Crippen molar-refractivity contribution in [2.24, 2.45) is 0 Å². The van der Waals surface area contributed by atoms with Gasteiger partial charge in [-0.15, -0.1) is 0 Å². The van der Waals surface area contributed by atoms with Crippen molar-refractivity contribution >= 4 is 5.91 Å². The summed E-state index contributed by atoms with van der Waals surface area (Å²) in [4.78, 5) is 14.4. The number of carbonyl (C=O) groups is 1. The van der Waals surface area contributed by atoms with Gasteiger partial charge in [0.2, 0.25) is 0 Å². The number of amides is 1. The molecule has 18 heavy (non-hydrogen) atoms. The molecular formula is C15H21NO2. The fourth-order valence-corrected chi connectivity index (χ4v) is 2.71. The lowest BCUT2D eigenvalue weighted by Crippen LogP contribution is -2.43. The van der Waals surface area contributed by atoms with E-state index in [1.807, 2.05) is 4.90 Å². The van der Waals surface area contributed by atoms with Crippen LogP contribution in [0, 0.1) is 0 Å². The number of phenols is 1. The molecule has 3 heteroatoms. The summed E-state index contributed by atoms with van der Waals surface area (Å²) in [7, 11) is 0. The average molecular weight is 247 g/mol. The zero-order valence-corrected chi connectivity index (χ0v) is 10.9. The normalized spacial score (nSPS) is 19.8. The number of piperidine rings is 1. The molecule has 0 saturated carbocycles. The van der Waals surface area contributed by atoms with Crippen LogP contribution in [-0.4, -0.2) is 28.5 Å². The Labute approximate surface area is 108 Å². The van der Waals surface area contributed by atoms with Crippen LogP contribution in [0.15, 0.2) is 24.3 Å². The molecule has 1 aliphatic heterocycles. The highest BCUT2D eigenvalue weighted by Gasteiger charge is 2.26. The molecule has 1 N–H and O–H groups in total. The van der Waals surface area contributed by atoms with Crippen molar-refractivity contribution in [3.63, 3.8) is 0 Å². The van der Waals surface area contributed by atoms with E-state index in [0.29, 0.717) is 11.6 Å². The van der Waals surface area contributed by atoms with Crippen molar-refractivity contribution in [3.05, 3.63) is 29.8 Å². The zero-order chi connectivity index (χ0) is 13.0. The molecular weight excluding hydrogens is 226 g/mol. The fourth-order valence-electron chi connectivity index (χ4n) is 2.71. The molecule has 1 fully saturated rings. The molecule has 3 nitrogen and oxygen atoms in total. The van der Waals surface area contributed by atoms with Crippen LogP contribution < -0.4 is 0 Å². The molecule has 2 rings (SSSR count). The highest BCUT2D eigenvalue weighted by Crippen LogP contribution is 2.23. The Bertz CT molecular complexity index is 415. The van der Waals surface area contributed by atoms with E-state index in [1.165, 1.54) is 6.42 Å². The highest BCUT2D eigenvalue weighted by molar-refractivity contribution is 5.94. The Morgan fingerprint density at radius 1 is 1.44 bits per heavy atom. The number of phenolic OH excluding ortho intramolecular Hbond substituents is 1. The lowest BCUT2D eigenvalue weighted by molar-refractivity contribution is 0.0600. The van der Waals surface area contributed by atoms with Crippen LogP contribution >= 0.6 is 0 Å². The van der Waals surface area contributed by atoms with Crippen LogP contribution in [0.25, 0.3) is 0 Å². The number of hydrogen-bond acceptors (Lipinski definition) is 2. The van der Waals surface area contributed by atoms with Crippen LogP contribution in [0.3, 0.4) is 0 Å². The predicted molar refractivity (Wildman–Crippen MR) is 71.7 cm³/mol. The van der Waals surface area contributed by atoms with E-state index in [4.69, 9.17) is 0 Å². The number of hydrogen-bond donors (Lipinski definition) is 1. The Morgan fingerprint density at radius 2 is 2.28 bits per heavy atom. The summed E-state index contributed by atoms with van der Waals surface area (Å²) in [6, 6.07) is 7.02. The van der Waals surface area contributed by atoms with Gasteiger partial charge in [-0.3, -0.25) is 4.79 Å². The molecule has 1 aromatic carbocycles. The second-order valence-electron chi connectivity index (χ2n) is 4.99. The lowest BCUT2D eigenvalue weighted by atomic mass is 9.97. The maximum Gasteiger partial charge on any atom is 0.254 e. The Balaban J connectivity index is 2.15. The van der Waals surface area contributed by atoms with Crippen molar-refractivity contribution in [1.29, 1.82) is 0 Å². The number of rotatable bonds is 3. The quantitative estimate of drug-likeness (QED) is 0.891. The highest BCUT2D eigenvalue weighted by atomic mass is 16.3. The zero-order valence-electron chi connectivity index (χ0n) is 10.9. The molecule has 1 heterocycles. The van der Waals surface area contributed by atoms with Gasteiger partial charge in [-0.05, 0) is 43.9 Å². The monoisotopic (exact) mass is 247 g/mol. The largest absolute Gasteiger partial charge is 0.508 e. The summed E-state index contributed by atoms with van der Waals surface area (Å²) in [6.45, 7) is 3.00. The van der Waals surface area contributed by atoms with Gasteiger partial charge in [0, 0.05) is 18.2 Å². The topological polar surface area (TPSA) is 40.5 Å². The second kappa shape index (κ2) is 5.89. The van der Waals surface area contributed by atoms with Crippen LogP contribution in [0.1, 0.15) is 49.4 Å². The second-order valence-corrected chi connectivity index (χ2v) is 4.99. The van der Waals surface area contributed by atoms with Gasteiger partial charge in [0.15, 0.2) is 0 Å². The molecule has 0 aliphatic carbocycles. The predicted octanol–water partition coefficient (Wildman–Crippen LogP) is 3.19. The molecule has 1 unspecified atom stereocenters. The van der Waals surface area contributed by atoms with Gasteiger partial charge < -0.3 is 10.0 Å². The van der Waals surface area contributed by atoms with Gasteiger partial charge in [-0.2, -0.15) is 0 Å². The van der Waals surface area contributed by atoms with Crippen molar-refractivity contribution in [2.45, 2.75) is 45.1 Å². The third-order valence-electron chi connectivity index (χ3n) is 3.60. The van der Waals surface area contributed by atoms with Gasteiger partial charge in [0.25, 0.3) is 5.91 Å². The van der Waals surface area contributed by atoms with Crippen LogP contribution in [-0.2, 0) is 0 Å². The van der Waals surface area contributed by atoms with Crippen LogP contribution in [0.4, 0.5) is 0 Å². The molecule has 1 atom stereocenters. The summed E-state index contributed by atoms with van der Waals surface area (Å²) in [5.74, 6) is 0.217.